The number of rotatable bonds is 5. The number of carboxylic acid groups (broad SMARTS) is 1. The van der Waals surface area contributed by atoms with E-state index in [-0.39, 0.29) is 5.56 Å². The Morgan fingerprint density at radius 3 is 2.71 bits per heavy atom. The third kappa shape index (κ3) is 4.07. The van der Waals surface area contributed by atoms with Crippen molar-refractivity contribution < 1.29 is 9.90 Å². The number of carbonyl (C=O) groups excluding carboxylic acids is 1. The molecule has 0 atom stereocenters. The van der Waals surface area contributed by atoms with E-state index in [9.17, 15) is 14.7 Å². The topological polar surface area (TPSA) is 85.9 Å². The van der Waals surface area contributed by atoms with Crippen LogP contribution in [-0.4, -0.2) is 21.7 Å². The number of H-pyrrole nitrogens is 1. The first-order chi connectivity index (χ1) is 7.90. The molecule has 1 heterocycles. The molecule has 0 radical (unpaired) electrons. The molecule has 0 fully saturated rings. The lowest BCUT2D eigenvalue weighted by molar-refractivity contribution is -0.304. The molecule has 1 N–H and O–H groups in total. The van der Waals surface area contributed by atoms with Crippen LogP contribution in [0.4, 0.5) is 0 Å². The monoisotopic (exact) mass is 253 g/mol. The molecule has 0 saturated carbocycles. The highest BCUT2D eigenvalue weighted by Crippen LogP contribution is 2.15. The molecule has 0 aliphatic carbocycles. The Morgan fingerprint density at radius 2 is 2.24 bits per heavy atom. The number of hydrogen-bond donors (Lipinski definition) is 1. The molecule has 0 aliphatic rings. The van der Waals surface area contributed by atoms with E-state index in [1.807, 2.05) is 6.92 Å². The molecule has 0 spiro atoms. The van der Waals surface area contributed by atoms with Crippen LogP contribution in [0.1, 0.15) is 18.2 Å². The van der Waals surface area contributed by atoms with Crippen molar-refractivity contribution in [3.05, 3.63) is 33.8 Å². The molecule has 0 amide bonds. The first-order valence-corrected chi connectivity index (χ1v) is 5.95. The molecule has 92 valence electrons. The average molecular weight is 253 g/mol. The highest BCUT2D eigenvalue weighted by atomic mass is 32.2. The highest BCUT2D eigenvalue weighted by molar-refractivity contribution is 7.99. The zero-order chi connectivity index (χ0) is 13.0. The molecule has 0 aromatic carbocycles. The molecule has 1 aromatic rings. The summed E-state index contributed by atoms with van der Waals surface area (Å²) in [7, 11) is 0. The van der Waals surface area contributed by atoms with Gasteiger partial charge in [0, 0.05) is 29.4 Å². The van der Waals surface area contributed by atoms with Gasteiger partial charge in [0.2, 0.25) is 0 Å². The van der Waals surface area contributed by atoms with Gasteiger partial charge >= 0.3 is 0 Å². The van der Waals surface area contributed by atoms with Crippen molar-refractivity contribution in [2.75, 3.05) is 5.75 Å². The summed E-state index contributed by atoms with van der Waals surface area (Å²) in [5, 5.41) is 10.9. The molecule has 0 saturated heterocycles. The van der Waals surface area contributed by atoms with Crippen LogP contribution in [0, 0.1) is 6.92 Å². The van der Waals surface area contributed by atoms with Gasteiger partial charge in [0.1, 0.15) is 0 Å². The second kappa shape index (κ2) is 5.67. The highest BCUT2D eigenvalue weighted by Gasteiger charge is 2.08. The Morgan fingerprint density at radius 1 is 1.59 bits per heavy atom. The molecular formula is C11H13N2O3S-. The van der Waals surface area contributed by atoms with Crippen molar-refractivity contribution in [1.29, 1.82) is 0 Å². The average Bonchev–Trinajstić information content (AvgIpc) is 2.20. The minimum atomic E-state index is -1.29. The summed E-state index contributed by atoms with van der Waals surface area (Å²) < 4.78 is 0. The van der Waals surface area contributed by atoms with Gasteiger partial charge in [-0.05, 0) is 13.8 Å². The van der Waals surface area contributed by atoms with E-state index in [0.717, 1.165) is 5.57 Å². The van der Waals surface area contributed by atoms with E-state index in [1.54, 1.807) is 6.92 Å². The second-order valence-electron chi connectivity index (χ2n) is 3.73. The van der Waals surface area contributed by atoms with E-state index in [2.05, 4.69) is 16.5 Å². The van der Waals surface area contributed by atoms with Crippen molar-refractivity contribution in [2.45, 2.75) is 25.4 Å². The molecule has 5 nitrogen and oxygen atoms in total. The maximum Gasteiger partial charge on any atom is 0.255 e. The second-order valence-corrected chi connectivity index (χ2v) is 4.69. The van der Waals surface area contributed by atoms with Crippen LogP contribution in [0.2, 0.25) is 0 Å². The van der Waals surface area contributed by atoms with Crippen LogP contribution < -0.4 is 10.7 Å². The van der Waals surface area contributed by atoms with Crippen LogP contribution >= 0.6 is 11.8 Å². The van der Waals surface area contributed by atoms with Gasteiger partial charge in [0.15, 0.2) is 5.16 Å². The van der Waals surface area contributed by atoms with E-state index in [4.69, 9.17) is 0 Å². The predicted molar refractivity (Wildman–Crippen MR) is 63.8 cm³/mol. The lowest BCUT2D eigenvalue weighted by Gasteiger charge is -2.07. The maximum absolute atomic E-state index is 11.6. The van der Waals surface area contributed by atoms with E-state index in [1.165, 1.54) is 11.8 Å². The molecule has 0 bridgehead atoms. The molecular weight excluding hydrogens is 240 g/mol. The Balaban J connectivity index is 2.97. The SMILES string of the molecule is C=C(C)CSc1nc(C)c(CC(=O)[O-])c(=O)[nH]1. The van der Waals surface area contributed by atoms with Gasteiger partial charge in [-0.25, -0.2) is 4.98 Å². The molecule has 6 heteroatoms. The molecule has 1 rings (SSSR count). The summed E-state index contributed by atoms with van der Waals surface area (Å²) in [5.74, 6) is -0.634. The number of carbonyl (C=O) groups is 1. The van der Waals surface area contributed by atoms with Crippen molar-refractivity contribution >= 4 is 17.7 Å². The van der Waals surface area contributed by atoms with Gasteiger partial charge in [-0.15, -0.1) is 0 Å². The fourth-order valence-corrected chi connectivity index (χ4v) is 1.95. The number of aromatic nitrogens is 2. The fraction of sp³-hybridized carbons (Fsp3) is 0.364. The molecule has 17 heavy (non-hydrogen) atoms. The Bertz CT molecular complexity index is 508. The van der Waals surface area contributed by atoms with Crippen molar-refractivity contribution in [3.8, 4) is 0 Å². The predicted octanol–water partition coefficient (Wildman–Crippen LogP) is 0.0389. The first kappa shape index (κ1) is 13.5. The zero-order valence-electron chi connectivity index (χ0n) is 9.70. The van der Waals surface area contributed by atoms with E-state index < -0.39 is 17.9 Å². The van der Waals surface area contributed by atoms with Gasteiger partial charge in [-0.2, -0.15) is 0 Å². The third-order valence-electron chi connectivity index (χ3n) is 1.98. The van der Waals surface area contributed by atoms with Gasteiger partial charge in [0.25, 0.3) is 5.56 Å². The number of carboxylic acids is 1. The van der Waals surface area contributed by atoms with Crippen LogP contribution in [-0.2, 0) is 11.2 Å². The Hall–Kier alpha value is -1.56. The summed E-state index contributed by atoms with van der Waals surface area (Å²) in [5.41, 5.74) is 1.10. The van der Waals surface area contributed by atoms with E-state index in [0.29, 0.717) is 16.6 Å². The normalized spacial score (nSPS) is 10.2. The van der Waals surface area contributed by atoms with E-state index >= 15 is 0 Å². The Kier molecular flexibility index (Phi) is 4.51. The summed E-state index contributed by atoms with van der Waals surface area (Å²) in [6, 6.07) is 0. The first-order valence-electron chi connectivity index (χ1n) is 4.97. The van der Waals surface area contributed by atoms with Crippen LogP contribution in [0.5, 0.6) is 0 Å². The van der Waals surface area contributed by atoms with Crippen LogP contribution in [0.3, 0.4) is 0 Å². The van der Waals surface area contributed by atoms with Crippen LogP contribution in [0.15, 0.2) is 22.1 Å². The Labute approximate surface area is 103 Å². The van der Waals surface area contributed by atoms with Crippen molar-refractivity contribution in [1.82, 2.24) is 9.97 Å². The van der Waals surface area contributed by atoms with Crippen LogP contribution in [0.25, 0.3) is 0 Å². The van der Waals surface area contributed by atoms with Gasteiger partial charge in [0.05, 0.1) is 0 Å². The van der Waals surface area contributed by atoms with Crippen molar-refractivity contribution in [3.63, 3.8) is 0 Å². The minimum Gasteiger partial charge on any atom is -0.550 e. The minimum absolute atomic E-state index is 0.143. The van der Waals surface area contributed by atoms with Gasteiger partial charge in [-0.3, -0.25) is 4.79 Å². The van der Waals surface area contributed by atoms with Crippen molar-refractivity contribution in [2.24, 2.45) is 0 Å². The summed E-state index contributed by atoms with van der Waals surface area (Å²) in [6.07, 6.45) is -0.417. The number of hydrogen-bond acceptors (Lipinski definition) is 5. The molecule has 0 unspecified atom stereocenters. The lowest BCUT2D eigenvalue weighted by atomic mass is 10.2. The number of nitrogens with zero attached hydrogens (tertiary/aromatic N) is 1. The number of nitrogens with one attached hydrogen (secondary N) is 1. The summed E-state index contributed by atoms with van der Waals surface area (Å²) in [6.45, 7) is 7.23. The standard InChI is InChI=1S/C11H14N2O3S/c1-6(2)5-17-11-12-7(3)8(4-9(14)15)10(16)13-11/h1,4-5H2,2-3H3,(H,14,15)(H,12,13,16)/p-1. The fourth-order valence-electron chi connectivity index (χ4n) is 1.20. The quantitative estimate of drug-likeness (QED) is 0.455. The third-order valence-corrected chi connectivity index (χ3v) is 3.08. The molecule has 0 aliphatic heterocycles. The smallest absolute Gasteiger partial charge is 0.255 e. The summed E-state index contributed by atoms with van der Waals surface area (Å²) in [4.78, 5) is 28.8. The number of aliphatic carboxylic acids is 1. The molecule has 1 aromatic heterocycles. The maximum atomic E-state index is 11.6. The number of aromatic amines is 1. The zero-order valence-corrected chi connectivity index (χ0v) is 10.5. The number of thioether (sulfide) groups is 1. The summed E-state index contributed by atoms with van der Waals surface area (Å²) >= 11 is 1.36. The van der Waals surface area contributed by atoms with Gasteiger partial charge < -0.3 is 14.9 Å². The number of aryl methyl sites for hydroxylation is 1. The largest absolute Gasteiger partial charge is 0.550 e. The lowest BCUT2D eigenvalue weighted by Crippen LogP contribution is -2.29. The van der Waals surface area contributed by atoms with Gasteiger partial charge in [-0.1, -0.05) is 23.9 Å².